The van der Waals surface area contributed by atoms with Gasteiger partial charge < -0.3 is 4.74 Å². The van der Waals surface area contributed by atoms with E-state index in [0.717, 1.165) is 86.9 Å². The molecule has 10 heteroatoms. The molecular formula is C39H53N5O4S. The highest BCUT2D eigenvalue weighted by atomic mass is 32.2. The third-order valence-electron chi connectivity index (χ3n) is 12.7. The molecular weight excluding hydrogens is 635 g/mol. The van der Waals surface area contributed by atoms with Gasteiger partial charge in [-0.25, -0.2) is 13.4 Å². The predicted octanol–water partition coefficient (Wildman–Crippen LogP) is 6.76. The third kappa shape index (κ3) is 6.67. The lowest BCUT2D eigenvalue weighted by Crippen LogP contribution is -2.59. The van der Waals surface area contributed by atoms with Crippen LogP contribution in [0.15, 0.2) is 48.9 Å². The fraction of sp³-hybridized carbons (Fsp3) is 0.615. The molecule has 1 amide bonds. The fourth-order valence-corrected chi connectivity index (χ4v) is 10.1. The first-order valence-electron chi connectivity index (χ1n) is 18.3. The summed E-state index contributed by atoms with van der Waals surface area (Å²) in [6, 6.07) is 11.5. The summed E-state index contributed by atoms with van der Waals surface area (Å²) >= 11 is 0. The Bertz CT molecular complexity index is 1760. The standard InChI is InChI=1S/C39H53N5O4S/c1-27(2)44-23-31(22-41-44)30-12-19-40-36(21-30)43(37(45)29-6-9-33(10-7-29)42-24-34(25-42)49(5,46)47)26-38-13-16-39(17-14-38,18-15-38)32-8-11-35(48-4)28(3)20-32/h8,11-12,19-23,27,29,33-34H,6-7,9-10,13-18,24-26H2,1-5H3. The van der Waals surface area contributed by atoms with Crippen molar-refractivity contribution in [2.75, 3.05) is 37.9 Å². The van der Waals surface area contributed by atoms with Crippen LogP contribution in [0.2, 0.25) is 0 Å². The number of sulfone groups is 1. The number of anilines is 1. The van der Waals surface area contributed by atoms with E-state index in [1.807, 2.05) is 23.1 Å². The molecule has 49 heavy (non-hydrogen) atoms. The molecule has 5 fully saturated rings. The molecule has 4 aliphatic carbocycles. The number of likely N-dealkylation sites (tertiary alicyclic amines) is 1. The van der Waals surface area contributed by atoms with Gasteiger partial charge in [0.1, 0.15) is 11.6 Å². The number of hydrogen-bond donors (Lipinski definition) is 0. The van der Waals surface area contributed by atoms with Crippen LogP contribution in [-0.2, 0) is 20.0 Å². The molecule has 0 unspecified atom stereocenters. The number of pyridine rings is 1. The summed E-state index contributed by atoms with van der Waals surface area (Å²) in [4.78, 5) is 23.9. The Morgan fingerprint density at radius 3 is 2.29 bits per heavy atom. The molecule has 0 spiro atoms. The lowest BCUT2D eigenvalue weighted by molar-refractivity contribution is -0.124. The molecule has 8 rings (SSSR count). The van der Waals surface area contributed by atoms with Gasteiger partial charge in [0.15, 0.2) is 9.84 Å². The van der Waals surface area contributed by atoms with Crippen LogP contribution in [0.4, 0.5) is 5.82 Å². The van der Waals surface area contributed by atoms with E-state index in [9.17, 15) is 13.2 Å². The number of amides is 1. The van der Waals surface area contributed by atoms with E-state index in [-0.39, 0.29) is 33.9 Å². The summed E-state index contributed by atoms with van der Waals surface area (Å²) < 4.78 is 31.5. The number of methoxy groups -OCH3 is 1. The van der Waals surface area contributed by atoms with Gasteiger partial charge in [-0.3, -0.25) is 19.3 Å². The summed E-state index contributed by atoms with van der Waals surface area (Å²) in [5.74, 6) is 1.82. The second kappa shape index (κ2) is 13.1. The van der Waals surface area contributed by atoms with Crippen molar-refractivity contribution in [2.45, 2.75) is 108 Å². The molecule has 0 atom stereocenters. The van der Waals surface area contributed by atoms with Gasteiger partial charge in [0.2, 0.25) is 5.91 Å². The van der Waals surface area contributed by atoms with E-state index in [0.29, 0.717) is 25.7 Å². The Morgan fingerprint density at radius 1 is 1.00 bits per heavy atom. The van der Waals surface area contributed by atoms with Crippen molar-refractivity contribution in [3.05, 3.63) is 60.0 Å². The van der Waals surface area contributed by atoms with Crippen molar-refractivity contribution >= 4 is 21.6 Å². The number of aromatic nitrogens is 3. The van der Waals surface area contributed by atoms with E-state index in [2.05, 4.69) is 66.1 Å². The molecule has 0 radical (unpaired) electrons. The van der Waals surface area contributed by atoms with Crippen LogP contribution in [0, 0.1) is 18.3 Å². The molecule has 9 nitrogen and oxygen atoms in total. The van der Waals surface area contributed by atoms with Crippen LogP contribution in [0.25, 0.3) is 11.1 Å². The Balaban J connectivity index is 1.11. The van der Waals surface area contributed by atoms with Gasteiger partial charge in [0.05, 0.1) is 18.6 Å². The number of carbonyl (C=O) groups is 1. The number of nitrogens with zero attached hydrogens (tertiary/aromatic N) is 5. The number of rotatable bonds is 10. The smallest absolute Gasteiger partial charge is 0.231 e. The Hall–Kier alpha value is -3.24. The minimum absolute atomic E-state index is 0.0534. The van der Waals surface area contributed by atoms with E-state index in [1.165, 1.54) is 17.4 Å². The molecule has 264 valence electrons. The zero-order valence-corrected chi connectivity index (χ0v) is 30.7. The first-order valence-corrected chi connectivity index (χ1v) is 20.2. The molecule has 2 aromatic heterocycles. The number of carbonyl (C=O) groups excluding carboxylic acids is 1. The van der Waals surface area contributed by atoms with Crippen molar-refractivity contribution in [1.29, 1.82) is 0 Å². The zero-order valence-electron chi connectivity index (χ0n) is 29.9. The first-order chi connectivity index (χ1) is 23.4. The predicted molar refractivity (Wildman–Crippen MR) is 194 cm³/mol. The fourth-order valence-electron chi connectivity index (χ4n) is 9.21. The SMILES string of the molecule is COc1ccc(C23CCC(CN(C(=O)C4CCC(N5CC(S(C)(=O)=O)C5)CC4)c4cc(-c5cnn(C(C)C)c5)ccn4)(CC2)CC3)cc1C. The van der Waals surface area contributed by atoms with Gasteiger partial charge in [-0.1, -0.05) is 12.1 Å². The maximum absolute atomic E-state index is 14.7. The molecule has 1 saturated heterocycles. The minimum atomic E-state index is -2.99. The van der Waals surface area contributed by atoms with E-state index in [4.69, 9.17) is 9.72 Å². The summed E-state index contributed by atoms with van der Waals surface area (Å²) in [7, 11) is -1.26. The molecule has 0 N–H and O–H groups in total. The quantitative estimate of drug-likeness (QED) is 0.233. The van der Waals surface area contributed by atoms with Crippen molar-refractivity contribution in [2.24, 2.45) is 11.3 Å². The van der Waals surface area contributed by atoms with Crippen molar-refractivity contribution < 1.29 is 17.9 Å². The lowest BCUT2D eigenvalue weighted by atomic mass is 9.51. The number of hydrogen-bond acceptors (Lipinski definition) is 7. The number of aryl methyl sites for hydroxylation is 1. The highest BCUT2D eigenvalue weighted by Gasteiger charge is 2.51. The van der Waals surface area contributed by atoms with E-state index in [1.54, 1.807) is 7.11 Å². The van der Waals surface area contributed by atoms with Gasteiger partial charge in [-0.15, -0.1) is 0 Å². The van der Waals surface area contributed by atoms with Crippen LogP contribution in [0.1, 0.15) is 95.2 Å². The second-order valence-corrected chi connectivity index (χ2v) is 18.3. The number of fused-ring (bicyclic) bond motifs is 3. The minimum Gasteiger partial charge on any atom is -0.496 e. The van der Waals surface area contributed by atoms with Crippen LogP contribution in [-0.4, -0.2) is 78.3 Å². The molecule has 3 heterocycles. The molecule has 1 aromatic carbocycles. The largest absolute Gasteiger partial charge is 0.496 e. The third-order valence-corrected chi connectivity index (χ3v) is 14.2. The van der Waals surface area contributed by atoms with Crippen molar-refractivity contribution in [3.8, 4) is 16.9 Å². The highest BCUT2D eigenvalue weighted by Crippen LogP contribution is 2.58. The molecule has 3 aromatic rings. The maximum atomic E-state index is 14.7. The molecule has 4 saturated carbocycles. The normalized spacial score (nSPS) is 27.6. The summed E-state index contributed by atoms with van der Waals surface area (Å²) in [5, 5.41) is 4.32. The monoisotopic (exact) mass is 687 g/mol. The number of benzene rings is 1. The van der Waals surface area contributed by atoms with Gasteiger partial charge in [0.25, 0.3) is 0 Å². The Morgan fingerprint density at radius 2 is 1.69 bits per heavy atom. The molecule has 5 aliphatic rings. The van der Waals surface area contributed by atoms with Crippen LogP contribution < -0.4 is 9.64 Å². The van der Waals surface area contributed by atoms with Crippen molar-refractivity contribution in [1.82, 2.24) is 19.7 Å². The van der Waals surface area contributed by atoms with Gasteiger partial charge in [-0.2, -0.15) is 5.10 Å². The van der Waals surface area contributed by atoms with Crippen LogP contribution >= 0.6 is 0 Å². The highest BCUT2D eigenvalue weighted by molar-refractivity contribution is 7.91. The average molecular weight is 688 g/mol. The lowest BCUT2D eigenvalue weighted by Gasteiger charge is -2.55. The topological polar surface area (TPSA) is 97.6 Å². The Labute approximate surface area is 292 Å². The van der Waals surface area contributed by atoms with Crippen LogP contribution in [0.3, 0.4) is 0 Å². The van der Waals surface area contributed by atoms with Crippen molar-refractivity contribution in [3.63, 3.8) is 0 Å². The average Bonchev–Trinajstić information content (AvgIpc) is 3.58. The molecule has 2 bridgehead atoms. The molecule has 1 aliphatic heterocycles. The Kier molecular flexibility index (Phi) is 9.18. The summed E-state index contributed by atoms with van der Waals surface area (Å²) in [6.07, 6.45) is 17.4. The maximum Gasteiger partial charge on any atom is 0.231 e. The van der Waals surface area contributed by atoms with Gasteiger partial charge in [0, 0.05) is 61.8 Å². The summed E-state index contributed by atoms with van der Waals surface area (Å²) in [5.41, 5.74) is 4.96. The van der Waals surface area contributed by atoms with E-state index >= 15 is 0 Å². The van der Waals surface area contributed by atoms with Gasteiger partial charge >= 0.3 is 0 Å². The van der Waals surface area contributed by atoms with Crippen LogP contribution in [0.5, 0.6) is 5.75 Å². The zero-order chi connectivity index (χ0) is 34.6. The van der Waals surface area contributed by atoms with Gasteiger partial charge in [-0.05, 0) is 131 Å². The van der Waals surface area contributed by atoms with E-state index < -0.39 is 9.84 Å². The summed E-state index contributed by atoms with van der Waals surface area (Å²) in [6.45, 7) is 8.32. The second-order valence-electron chi connectivity index (χ2n) is 16.0. The first kappa shape index (κ1) is 34.2. The number of ether oxygens (including phenoxy) is 1.